The van der Waals surface area contributed by atoms with Crippen LogP contribution in [0.25, 0.3) is 0 Å². The first-order valence-corrected chi connectivity index (χ1v) is 7.64. The van der Waals surface area contributed by atoms with Crippen molar-refractivity contribution in [2.45, 2.75) is 37.4 Å². The molecule has 7 nitrogen and oxygen atoms in total. The molecule has 8 heteroatoms. The number of sulfone groups is 1. The summed E-state index contributed by atoms with van der Waals surface area (Å²) in [5.41, 5.74) is 5.27. The topological polar surface area (TPSA) is 122 Å². The van der Waals surface area contributed by atoms with Crippen LogP contribution in [0.15, 0.2) is 5.16 Å². The number of nitrogens with two attached hydrogens (primary N) is 1. The average Bonchev–Trinajstić information content (AvgIpc) is 2.33. The maximum absolute atomic E-state index is 11.7. The SMILES string of the molecule is NC(CCCNC(=O)C1CCCCS1(=O)=O)=NO. The Kier molecular flexibility index (Phi) is 5.39. The molecule has 0 spiro atoms. The van der Waals surface area contributed by atoms with Crippen molar-refractivity contribution in [3.8, 4) is 0 Å². The van der Waals surface area contributed by atoms with Gasteiger partial charge >= 0.3 is 0 Å². The van der Waals surface area contributed by atoms with Crippen LogP contribution in [-0.2, 0) is 14.6 Å². The molecule has 0 aliphatic carbocycles. The van der Waals surface area contributed by atoms with E-state index in [1.165, 1.54) is 0 Å². The second-order valence-electron chi connectivity index (χ2n) is 4.34. The number of carbonyl (C=O) groups is 1. The van der Waals surface area contributed by atoms with Crippen molar-refractivity contribution < 1.29 is 18.4 Å². The van der Waals surface area contributed by atoms with E-state index in [2.05, 4.69) is 10.5 Å². The Balaban J connectivity index is 2.36. The number of amidine groups is 1. The van der Waals surface area contributed by atoms with Crippen molar-refractivity contribution in [1.29, 1.82) is 0 Å². The molecule has 0 aromatic rings. The zero-order valence-electron chi connectivity index (χ0n) is 10.1. The largest absolute Gasteiger partial charge is 0.409 e. The predicted molar refractivity (Wildman–Crippen MR) is 67.1 cm³/mol. The van der Waals surface area contributed by atoms with Gasteiger partial charge in [0, 0.05) is 13.0 Å². The summed E-state index contributed by atoms with van der Waals surface area (Å²) in [6, 6.07) is 0. The van der Waals surface area contributed by atoms with Crippen LogP contribution in [0.1, 0.15) is 32.1 Å². The number of rotatable bonds is 5. The lowest BCUT2D eigenvalue weighted by atomic mass is 10.2. The van der Waals surface area contributed by atoms with E-state index >= 15 is 0 Å². The molecular weight excluding hydrogens is 258 g/mol. The van der Waals surface area contributed by atoms with Crippen molar-refractivity contribution in [2.24, 2.45) is 10.9 Å². The van der Waals surface area contributed by atoms with Crippen molar-refractivity contribution >= 4 is 21.6 Å². The third kappa shape index (κ3) is 4.17. The molecule has 1 heterocycles. The number of oxime groups is 1. The highest BCUT2D eigenvalue weighted by Gasteiger charge is 2.34. The van der Waals surface area contributed by atoms with Gasteiger partial charge in [0.1, 0.15) is 11.1 Å². The third-order valence-electron chi connectivity index (χ3n) is 2.91. The molecule has 104 valence electrons. The van der Waals surface area contributed by atoms with Crippen LogP contribution in [0, 0.1) is 0 Å². The minimum Gasteiger partial charge on any atom is -0.409 e. The normalized spacial score (nSPS) is 23.6. The second-order valence-corrected chi connectivity index (χ2v) is 6.64. The lowest BCUT2D eigenvalue weighted by molar-refractivity contribution is -0.120. The van der Waals surface area contributed by atoms with Crippen LogP contribution in [0.4, 0.5) is 0 Å². The highest BCUT2D eigenvalue weighted by atomic mass is 32.2. The Labute approximate surface area is 106 Å². The zero-order chi connectivity index (χ0) is 13.6. The summed E-state index contributed by atoms with van der Waals surface area (Å²) in [4.78, 5) is 11.7. The van der Waals surface area contributed by atoms with E-state index in [0.717, 1.165) is 6.42 Å². The van der Waals surface area contributed by atoms with Crippen molar-refractivity contribution in [1.82, 2.24) is 5.32 Å². The molecule has 1 saturated heterocycles. The molecule has 1 aliphatic heterocycles. The Hall–Kier alpha value is -1.31. The maximum atomic E-state index is 11.7. The maximum Gasteiger partial charge on any atom is 0.238 e. The fourth-order valence-corrected chi connectivity index (χ4v) is 3.72. The standard InChI is InChI=1S/C10H19N3O4S/c11-9(13-15)5-3-6-12-10(14)8-4-1-2-7-18(8,16)17/h8,15H,1-7H2,(H2,11,13)(H,12,14). The van der Waals surface area contributed by atoms with Gasteiger partial charge in [0.15, 0.2) is 9.84 Å². The Morgan fingerprint density at radius 1 is 1.44 bits per heavy atom. The molecular formula is C10H19N3O4S. The van der Waals surface area contributed by atoms with E-state index < -0.39 is 21.0 Å². The smallest absolute Gasteiger partial charge is 0.238 e. The quantitative estimate of drug-likeness (QED) is 0.207. The van der Waals surface area contributed by atoms with Crippen molar-refractivity contribution in [3.63, 3.8) is 0 Å². The number of hydrogen-bond donors (Lipinski definition) is 3. The number of nitrogens with one attached hydrogen (secondary N) is 1. The highest BCUT2D eigenvalue weighted by Crippen LogP contribution is 2.19. The van der Waals surface area contributed by atoms with E-state index in [1.807, 2.05) is 0 Å². The van der Waals surface area contributed by atoms with Gasteiger partial charge in [0.2, 0.25) is 5.91 Å². The van der Waals surface area contributed by atoms with Crippen molar-refractivity contribution in [3.05, 3.63) is 0 Å². The molecule has 0 saturated carbocycles. The number of carbonyl (C=O) groups excluding carboxylic acids is 1. The van der Waals surface area contributed by atoms with Gasteiger partial charge in [-0.25, -0.2) is 8.42 Å². The minimum atomic E-state index is -3.28. The Morgan fingerprint density at radius 2 is 2.17 bits per heavy atom. The fourth-order valence-electron chi connectivity index (χ4n) is 1.89. The van der Waals surface area contributed by atoms with Gasteiger partial charge in [-0.15, -0.1) is 0 Å². The second kappa shape index (κ2) is 6.58. The Bertz CT molecular complexity index is 419. The molecule has 0 aromatic carbocycles. The Morgan fingerprint density at radius 3 is 2.78 bits per heavy atom. The van der Waals surface area contributed by atoms with Crippen molar-refractivity contribution in [2.75, 3.05) is 12.3 Å². The molecule has 0 radical (unpaired) electrons. The summed E-state index contributed by atoms with van der Waals surface area (Å²) in [6.07, 6.45) is 2.66. The lowest BCUT2D eigenvalue weighted by Gasteiger charge is -2.21. The summed E-state index contributed by atoms with van der Waals surface area (Å²) in [6.45, 7) is 0.321. The van der Waals surface area contributed by atoms with Gasteiger partial charge in [0.25, 0.3) is 0 Å². The molecule has 0 bridgehead atoms. The lowest BCUT2D eigenvalue weighted by Crippen LogP contribution is -2.43. The van der Waals surface area contributed by atoms with E-state index in [1.54, 1.807) is 0 Å². The number of amides is 1. The average molecular weight is 277 g/mol. The van der Waals surface area contributed by atoms with Crippen LogP contribution in [0.3, 0.4) is 0 Å². The van der Waals surface area contributed by atoms with Gasteiger partial charge in [-0.2, -0.15) is 0 Å². The van der Waals surface area contributed by atoms with Crippen LogP contribution in [0.5, 0.6) is 0 Å². The molecule has 1 fully saturated rings. The molecule has 1 unspecified atom stereocenters. The molecule has 4 N–H and O–H groups in total. The first kappa shape index (κ1) is 14.7. The van der Waals surface area contributed by atoms with Gasteiger partial charge in [-0.05, 0) is 19.3 Å². The van der Waals surface area contributed by atoms with E-state index in [4.69, 9.17) is 10.9 Å². The minimum absolute atomic E-state index is 0.0922. The summed E-state index contributed by atoms with van der Waals surface area (Å²) < 4.78 is 23.4. The first-order chi connectivity index (χ1) is 8.47. The van der Waals surface area contributed by atoms with Crippen LogP contribution in [0.2, 0.25) is 0 Å². The molecule has 1 aliphatic rings. The zero-order valence-corrected chi connectivity index (χ0v) is 10.9. The molecule has 18 heavy (non-hydrogen) atoms. The third-order valence-corrected chi connectivity index (χ3v) is 5.08. The van der Waals surface area contributed by atoms with Gasteiger partial charge in [-0.1, -0.05) is 11.6 Å². The summed E-state index contributed by atoms with van der Waals surface area (Å²) in [5.74, 6) is -0.251. The fraction of sp³-hybridized carbons (Fsp3) is 0.800. The first-order valence-electron chi connectivity index (χ1n) is 5.93. The predicted octanol–water partition coefficient (Wildman–Crippen LogP) is -0.403. The molecule has 1 amide bonds. The van der Waals surface area contributed by atoms with E-state index in [9.17, 15) is 13.2 Å². The number of hydrogen-bond acceptors (Lipinski definition) is 5. The summed E-state index contributed by atoms with van der Waals surface area (Å²) in [7, 11) is -3.28. The van der Waals surface area contributed by atoms with Gasteiger partial charge < -0.3 is 16.3 Å². The van der Waals surface area contributed by atoms with Gasteiger partial charge in [0.05, 0.1) is 5.75 Å². The molecule has 1 atom stereocenters. The monoisotopic (exact) mass is 277 g/mol. The van der Waals surface area contributed by atoms with Crippen LogP contribution >= 0.6 is 0 Å². The van der Waals surface area contributed by atoms with E-state index in [0.29, 0.717) is 32.2 Å². The highest BCUT2D eigenvalue weighted by molar-refractivity contribution is 7.92. The van der Waals surface area contributed by atoms with E-state index in [-0.39, 0.29) is 11.6 Å². The van der Waals surface area contributed by atoms with Gasteiger partial charge in [-0.3, -0.25) is 4.79 Å². The summed E-state index contributed by atoms with van der Waals surface area (Å²) >= 11 is 0. The number of nitrogens with zero attached hydrogens (tertiary/aromatic N) is 1. The van der Waals surface area contributed by atoms with Crippen LogP contribution < -0.4 is 11.1 Å². The molecule has 1 rings (SSSR count). The molecule has 0 aromatic heterocycles. The summed E-state index contributed by atoms with van der Waals surface area (Å²) in [5, 5.41) is 12.8. The van der Waals surface area contributed by atoms with Crippen LogP contribution in [-0.4, -0.2) is 42.9 Å².